The molecule has 4 aromatic heterocycles. The van der Waals surface area contributed by atoms with E-state index in [1.54, 1.807) is 23.3 Å². The second-order valence-corrected chi connectivity index (χ2v) is 8.19. The molecule has 1 aliphatic heterocycles. The highest BCUT2D eigenvalue weighted by molar-refractivity contribution is 6.34. The summed E-state index contributed by atoms with van der Waals surface area (Å²) in [7, 11) is 0. The highest BCUT2D eigenvalue weighted by Gasteiger charge is 2.17. The summed E-state index contributed by atoms with van der Waals surface area (Å²) in [6.45, 7) is 2.03. The highest BCUT2D eigenvalue weighted by atomic mass is 35.5. The lowest BCUT2D eigenvalue weighted by atomic mass is 10.1. The van der Waals surface area contributed by atoms with Crippen LogP contribution in [0.3, 0.4) is 0 Å². The van der Waals surface area contributed by atoms with Crippen molar-refractivity contribution in [3.05, 3.63) is 60.3 Å². The molecule has 0 radical (unpaired) electrons. The maximum absolute atomic E-state index is 6.38. The van der Waals surface area contributed by atoms with Crippen LogP contribution in [0.1, 0.15) is 18.9 Å². The molecule has 2 N–H and O–H groups in total. The van der Waals surface area contributed by atoms with Gasteiger partial charge < -0.3 is 10.6 Å². The molecule has 1 saturated heterocycles. The summed E-state index contributed by atoms with van der Waals surface area (Å²) >= 11 is 6.38. The van der Waals surface area contributed by atoms with Crippen molar-refractivity contribution in [2.45, 2.75) is 18.9 Å². The van der Waals surface area contributed by atoms with Crippen molar-refractivity contribution in [2.75, 3.05) is 18.4 Å². The van der Waals surface area contributed by atoms with Gasteiger partial charge in [0.1, 0.15) is 0 Å². The van der Waals surface area contributed by atoms with E-state index in [9.17, 15) is 0 Å². The first-order valence-corrected chi connectivity index (χ1v) is 10.9. The standard InChI is InChI=1S/C22H20ClN9/c23-20-18-12-26-22(28-15-11-27-31(13-15)16-5-8-24-9-6-16)29-21(18)32(30-20)17-3-4-19-14(10-17)2-1-7-25-19/h1-4,7,10-13,16,24H,5-6,8-9H2,(H,26,28,29). The minimum absolute atomic E-state index is 0.358. The van der Waals surface area contributed by atoms with Crippen molar-refractivity contribution >= 4 is 45.2 Å². The van der Waals surface area contributed by atoms with E-state index in [1.165, 1.54) is 0 Å². The van der Waals surface area contributed by atoms with Crippen LogP contribution in [0.15, 0.2) is 55.1 Å². The Bertz CT molecular complexity index is 1420. The van der Waals surface area contributed by atoms with Gasteiger partial charge in [-0.05, 0) is 50.2 Å². The molecule has 10 heteroatoms. The normalized spacial score (nSPS) is 14.9. The zero-order valence-corrected chi connectivity index (χ0v) is 17.9. The van der Waals surface area contributed by atoms with Crippen LogP contribution in [0.2, 0.25) is 5.15 Å². The Hall–Kier alpha value is -3.56. The number of aromatic nitrogens is 7. The number of halogens is 1. The number of rotatable bonds is 4. The SMILES string of the molecule is Clc1nn(-c2ccc3ncccc3c2)c2nc(Nc3cnn(C4CCNCC4)c3)ncc12. The zero-order chi connectivity index (χ0) is 21.5. The third-order valence-corrected chi connectivity index (χ3v) is 6.03. The van der Waals surface area contributed by atoms with E-state index >= 15 is 0 Å². The van der Waals surface area contributed by atoms with Crippen molar-refractivity contribution in [2.24, 2.45) is 0 Å². The number of pyridine rings is 1. The third-order valence-electron chi connectivity index (χ3n) is 5.75. The van der Waals surface area contributed by atoms with E-state index in [0.29, 0.717) is 28.2 Å². The van der Waals surface area contributed by atoms with Gasteiger partial charge in [0, 0.05) is 24.0 Å². The number of hydrogen-bond acceptors (Lipinski definition) is 7. The number of fused-ring (bicyclic) bond motifs is 2. The molecular formula is C22H20ClN9. The molecule has 5 aromatic rings. The number of hydrogen-bond donors (Lipinski definition) is 2. The van der Waals surface area contributed by atoms with Crippen LogP contribution in [0.5, 0.6) is 0 Å². The molecule has 1 aliphatic rings. The second-order valence-electron chi connectivity index (χ2n) is 7.83. The molecule has 0 aliphatic carbocycles. The first-order valence-electron chi connectivity index (χ1n) is 10.5. The fraction of sp³-hybridized carbons (Fsp3) is 0.227. The highest BCUT2D eigenvalue weighted by Crippen LogP contribution is 2.27. The molecule has 0 amide bonds. The zero-order valence-electron chi connectivity index (χ0n) is 17.1. The van der Waals surface area contributed by atoms with E-state index in [2.05, 4.69) is 30.8 Å². The topological polar surface area (TPSA) is 98.4 Å². The van der Waals surface area contributed by atoms with E-state index in [4.69, 9.17) is 16.6 Å². The molecule has 0 unspecified atom stereocenters. The van der Waals surface area contributed by atoms with Crippen LogP contribution < -0.4 is 10.6 Å². The van der Waals surface area contributed by atoms with Crippen LogP contribution in [-0.2, 0) is 0 Å². The molecular weight excluding hydrogens is 426 g/mol. The van der Waals surface area contributed by atoms with Gasteiger partial charge in [0.25, 0.3) is 0 Å². The maximum atomic E-state index is 6.38. The minimum atomic E-state index is 0.358. The van der Waals surface area contributed by atoms with Crippen LogP contribution in [0.4, 0.5) is 11.6 Å². The van der Waals surface area contributed by atoms with E-state index in [0.717, 1.165) is 48.2 Å². The number of benzene rings is 1. The molecule has 32 heavy (non-hydrogen) atoms. The summed E-state index contributed by atoms with van der Waals surface area (Å²) in [6.07, 6.45) is 9.42. The number of piperidine rings is 1. The summed E-state index contributed by atoms with van der Waals surface area (Å²) in [5.41, 5.74) is 3.24. The molecule has 9 nitrogen and oxygen atoms in total. The largest absolute Gasteiger partial charge is 0.321 e. The summed E-state index contributed by atoms with van der Waals surface area (Å²) in [5.74, 6) is 0.461. The van der Waals surface area contributed by atoms with Gasteiger partial charge in [-0.1, -0.05) is 17.7 Å². The average Bonchev–Trinajstić information content (AvgIpc) is 3.44. The minimum Gasteiger partial charge on any atom is -0.321 e. The molecule has 0 saturated carbocycles. The molecule has 160 valence electrons. The third kappa shape index (κ3) is 3.45. The van der Waals surface area contributed by atoms with Gasteiger partial charge in [-0.25, -0.2) is 9.67 Å². The van der Waals surface area contributed by atoms with Crippen molar-refractivity contribution in [1.29, 1.82) is 0 Å². The van der Waals surface area contributed by atoms with Gasteiger partial charge in [0.15, 0.2) is 10.8 Å². The molecule has 6 rings (SSSR count). The fourth-order valence-corrected chi connectivity index (χ4v) is 4.32. The predicted molar refractivity (Wildman–Crippen MR) is 124 cm³/mol. The Kier molecular flexibility index (Phi) is 4.70. The van der Waals surface area contributed by atoms with Crippen LogP contribution in [0, 0.1) is 0 Å². The monoisotopic (exact) mass is 445 g/mol. The Morgan fingerprint density at radius 1 is 1.09 bits per heavy atom. The number of anilines is 2. The van der Waals surface area contributed by atoms with Crippen molar-refractivity contribution in [3.8, 4) is 5.69 Å². The molecule has 0 bridgehead atoms. The molecule has 1 fully saturated rings. The van der Waals surface area contributed by atoms with Gasteiger partial charge in [-0.3, -0.25) is 9.67 Å². The van der Waals surface area contributed by atoms with Crippen LogP contribution >= 0.6 is 11.6 Å². The lowest BCUT2D eigenvalue weighted by Crippen LogP contribution is -2.29. The van der Waals surface area contributed by atoms with Gasteiger partial charge >= 0.3 is 0 Å². The maximum Gasteiger partial charge on any atom is 0.229 e. The number of nitrogens with one attached hydrogen (secondary N) is 2. The van der Waals surface area contributed by atoms with Gasteiger partial charge in [0.2, 0.25) is 5.95 Å². The van der Waals surface area contributed by atoms with Crippen LogP contribution in [-0.4, -0.2) is 47.6 Å². The fourth-order valence-electron chi connectivity index (χ4n) is 4.11. The van der Waals surface area contributed by atoms with Crippen molar-refractivity contribution in [3.63, 3.8) is 0 Å². The quantitative estimate of drug-likeness (QED) is 0.433. The Morgan fingerprint density at radius 2 is 2.00 bits per heavy atom. The van der Waals surface area contributed by atoms with Gasteiger partial charge in [-0.15, -0.1) is 0 Å². The Labute approximate surface area is 188 Å². The smallest absolute Gasteiger partial charge is 0.229 e. The average molecular weight is 446 g/mol. The van der Waals surface area contributed by atoms with Gasteiger partial charge in [0.05, 0.1) is 34.5 Å². The van der Waals surface area contributed by atoms with E-state index < -0.39 is 0 Å². The number of nitrogens with zero attached hydrogens (tertiary/aromatic N) is 7. The Morgan fingerprint density at radius 3 is 2.91 bits per heavy atom. The molecule has 0 spiro atoms. The van der Waals surface area contributed by atoms with Crippen molar-refractivity contribution < 1.29 is 0 Å². The summed E-state index contributed by atoms with van der Waals surface area (Å²) < 4.78 is 3.75. The summed E-state index contributed by atoms with van der Waals surface area (Å²) in [6, 6.07) is 10.3. The second kappa shape index (κ2) is 7.85. The van der Waals surface area contributed by atoms with Crippen molar-refractivity contribution in [1.82, 2.24) is 39.8 Å². The molecule has 5 heterocycles. The van der Waals surface area contributed by atoms with E-state index in [1.807, 2.05) is 41.2 Å². The predicted octanol–water partition coefficient (Wildman–Crippen LogP) is 3.88. The van der Waals surface area contributed by atoms with Crippen LogP contribution in [0.25, 0.3) is 27.6 Å². The van der Waals surface area contributed by atoms with E-state index in [-0.39, 0.29) is 0 Å². The Balaban J connectivity index is 1.34. The molecule has 0 atom stereocenters. The first-order chi connectivity index (χ1) is 15.7. The first kappa shape index (κ1) is 19.1. The molecule has 1 aromatic carbocycles. The summed E-state index contributed by atoms with van der Waals surface area (Å²) in [5, 5.41) is 17.7. The van der Waals surface area contributed by atoms with Gasteiger partial charge in [-0.2, -0.15) is 15.2 Å². The lowest BCUT2D eigenvalue weighted by molar-refractivity contribution is 0.343. The summed E-state index contributed by atoms with van der Waals surface area (Å²) in [4.78, 5) is 13.5. The lowest BCUT2D eigenvalue weighted by Gasteiger charge is -2.22.